The minimum Gasteiger partial charge on any atom is -0.421 e. The third-order valence-corrected chi connectivity index (χ3v) is 11.6. The van der Waals surface area contributed by atoms with Gasteiger partial charge in [0.2, 0.25) is 11.8 Å². The average molecular weight is 720 g/mol. The Bertz CT molecular complexity index is 2460. The van der Waals surface area contributed by atoms with Gasteiger partial charge < -0.3 is 14.6 Å². The van der Waals surface area contributed by atoms with Crippen LogP contribution in [0.25, 0.3) is 32.0 Å². The molecule has 0 radical (unpaired) electrons. The van der Waals surface area contributed by atoms with Crippen molar-refractivity contribution >= 4 is 44.7 Å². The number of carbonyl (C=O) groups excluding carboxylic acids is 1. The summed E-state index contributed by atoms with van der Waals surface area (Å²) < 4.78 is 35.8. The number of thiophene rings is 1. The van der Waals surface area contributed by atoms with E-state index in [2.05, 4.69) is 15.5 Å². The van der Waals surface area contributed by atoms with Crippen LogP contribution in [0, 0.1) is 29.9 Å². The maximum atomic E-state index is 15.2. The summed E-state index contributed by atoms with van der Waals surface area (Å²) in [5.41, 5.74) is 5.37. The van der Waals surface area contributed by atoms with Crippen molar-refractivity contribution in [3.05, 3.63) is 110 Å². The molecule has 1 aliphatic carbocycles. The highest BCUT2D eigenvalue weighted by molar-refractivity contribution is 7.23. The second-order valence-corrected chi connectivity index (χ2v) is 14.6. The fourth-order valence-corrected chi connectivity index (χ4v) is 9.22. The molecule has 4 aromatic heterocycles. The van der Waals surface area contributed by atoms with Gasteiger partial charge in [-0.15, -0.1) is 21.5 Å². The first-order valence-electron chi connectivity index (χ1n) is 16.8. The fourth-order valence-electron chi connectivity index (χ4n) is 7.81. The van der Waals surface area contributed by atoms with Gasteiger partial charge in [-0.25, -0.2) is 13.8 Å². The minimum atomic E-state index is -0.565. The number of fused-ring (bicyclic) bond motifs is 5. The number of nitrogens with one attached hydrogen (secondary N) is 1. The first-order valence-corrected chi connectivity index (χ1v) is 18.0. The molecule has 2 atom stereocenters. The molecule has 1 amide bonds. The summed E-state index contributed by atoms with van der Waals surface area (Å²) in [5.74, 6) is 0.350. The predicted molar refractivity (Wildman–Crippen MR) is 189 cm³/mol. The van der Waals surface area contributed by atoms with E-state index < -0.39 is 5.82 Å². The van der Waals surface area contributed by atoms with E-state index in [4.69, 9.17) is 26.0 Å². The van der Waals surface area contributed by atoms with Crippen molar-refractivity contribution in [3.8, 4) is 28.0 Å². The van der Waals surface area contributed by atoms with Crippen molar-refractivity contribution in [2.45, 2.75) is 57.5 Å². The van der Waals surface area contributed by atoms with Crippen LogP contribution >= 0.6 is 22.9 Å². The second kappa shape index (κ2) is 12.2. The third-order valence-electron chi connectivity index (χ3n) is 10.2. The van der Waals surface area contributed by atoms with E-state index in [0.717, 1.165) is 44.8 Å². The summed E-state index contributed by atoms with van der Waals surface area (Å²) in [6, 6.07) is 13.6. The lowest BCUT2D eigenvalue weighted by molar-refractivity contribution is 0.0776. The summed E-state index contributed by atoms with van der Waals surface area (Å²) in [5, 5.41) is 22.5. The standard InChI is InChI=1S/C38H28ClF2N7O2S/c1-18-46-47-37(50-18)30-27(10-6-19-4-7-21(40)8-5-19)44-34-28-3-2-14-48(28)38(49)32(34)31(30)29-15-20-12-13-43-36(35(20)51-29)45-26-11-9-22-23(26)16-25(39)24(17-42)33(22)41/h4-5,7-8,12-13,15-16,26,28H,2-3,6,9-11,14H2,1H3,(H,43,45)/t26-,28?/m0/s1. The molecular formula is C38H28ClF2N7O2S. The molecule has 9 rings (SSSR count). The number of aromatic nitrogens is 4. The Labute approximate surface area is 299 Å². The first-order chi connectivity index (χ1) is 24.8. The first kappa shape index (κ1) is 31.7. The summed E-state index contributed by atoms with van der Waals surface area (Å²) in [7, 11) is 0. The van der Waals surface area contributed by atoms with Crippen molar-refractivity contribution in [2.75, 3.05) is 11.9 Å². The van der Waals surface area contributed by atoms with Gasteiger partial charge in [0.25, 0.3) is 5.91 Å². The monoisotopic (exact) mass is 719 g/mol. The Morgan fingerprint density at radius 2 is 1.94 bits per heavy atom. The number of amides is 1. The molecule has 0 bridgehead atoms. The molecule has 13 heteroatoms. The molecular weight excluding hydrogens is 692 g/mol. The lowest BCUT2D eigenvalue weighted by Crippen LogP contribution is -2.22. The molecule has 6 heterocycles. The lowest BCUT2D eigenvalue weighted by Gasteiger charge is -2.16. The van der Waals surface area contributed by atoms with Crippen molar-refractivity contribution < 1.29 is 18.0 Å². The number of rotatable bonds is 7. The van der Waals surface area contributed by atoms with E-state index in [1.807, 2.05) is 23.1 Å². The largest absolute Gasteiger partial charge is 0.421 e. The SMILES string of the molecule is Cc1nnc(-c2c(CCc3ccc(F)cc3)nc3c(c2-c2cc4ccnc(N[C@H]5CCc6c5cc(Cl)c(C#N)c6F)c4s2)C(=O)N2CCCC32)o1. The zero-order valence-corrected chi connectivity index (χ0v) is 28.8. The van der Waals surface area contributed by atoms with Gasteiger partial charge >= 0.3 is 0 Å². The normalized spacial score (nSPS) is 17.5. The van der Waals surface area contributed by atoms with Crippen LogP contribution in [0.15, 0.2) is 53.1 Å². The minimum absolute atomic E-state index is 0.0651. The fraction of sp³-hybridized carbons (Fsp3) is 0.263. The Kier molecular flexibility index (Phi) is 7.59. The number of halogens is 3. The molecule has 1 fully saturated rings. The van der Waals surface area contributed by atoms with E-state index >= 15 is 4.39 Å². The number of hydrogen-bond acceptors (Lipinski definition) is 9. The van der Waals surface area contributed by atoms with Crippen molar-refractivity contribution in [3.63, 3.8) is 0 Å². The van der Waals surface area contributed by atoms with E-state index in [-0.39, 0.29) is 40.3 Å². The number of hydrogen-bond donors (Lipinski definition) is 1. The smallest absolute Gasteiger partial charge is 0.257 e. The van der Waals surface area contributed by atoms with Gasteiger partial charge in [-0.05, 0) is 90.9 Å². The van der Waals surface area contributed by atoms with Crippen LogP contribution in [0.1, 0.15) is 81.2 Å². The van der Waals surface area contributed by atoms with Crippen LogP contribution < -0.4 is 5.32 Å². The van der Waals surface area contributed by atoms with Crippen LogP contribution in [0.5, 0.6) is 0 Å². The van der Waals surface area contributed by atoms with Crippen LogP contribution in [-0.2, 0) is 19.3 Å². The van der Waals surface area contributed by atoms with Gasteiger partial charge in [0.1, 0.15) is 29.1 Å². The molecule has 2 aliphatic heterocycles. The average Bonchev–Trinajstić information content (AvgIpc) is 3.96. The molecule has 254 valence electrons. The molecule has 1 N–H and O–H groups in total. The highest BCUT2D eigenvalue weighted by atomic mass is 35.5. The van der Waals surface area contributed by atoms with Gasteiger partial charge in [0.05, 0.1) is 44.3 Å². The van der Waals surface area contributed by atoms with E-state index in [9.17, 15) is 14.4 Å². The quantitative estimate of drug-likeness (QED) is 0.174. The molecule has 0 spiro atoms. The number of nitrogens with zero attached hydrogens (tertiary/aromatic N) is 6. The van der Waals surface area contributed by atoms with Crippen LogP contribution in [0.3, 0.4) is 0 Å². The number of carbonyl (C=O) groups is 1. The van der Waals surface area contributed by atoms with E-state index in [1.165, 1.54) is 23.5 Å². The van der Waals surface area contributed by atoms with Gasteiger partial charge in [-0.3, -0.25) is 9.78 Å². The topological polar surface area (TPSA) is 121 Å². The van der Waals surface area contributed by atoms with Crippen molar-refractivity contribution in [1.29, 1.82) is 5.26 Å². The number of aryl methyl sites for hydroxylation is 3. The Hall–Kier alpha value is -5.25. The summed E-state index contributed by atoms with van der Waals surface area (Å²) in [6.07, 6.45) is 5.61. The van der Waals surface area contributed by atoms with Gasteiger partial charge in [-0.2, -0.15) is 5.26 Å². The van der Waals surface area contributed by atoms with Crippen LogP contribution in [0.2, 0.25) is 5.02 Å². The molecule has 6 aromatic rings. The number of anilines is 1. The van der Waals surface area contributed by atoms with Crippen LogP contribution in [-0.4, -0.2) is 37.5 Å². The van der Waals surface area contributed by atoms with Crippen molar-refractivity contribution in [1.82, 2.24) is 25.1 Å². The van der Waals surface area contributed by atoms with E-state index in [1.54, 1.807) is 31.3 Å². The zero-order chi connectivity index (χ0) is 35.0. The van der Waals surface area contributed by atoms with E-state index in [0.29, 0.717) is 71.8 Å². The molecule has 9 nitrogen and oxygen atoms in total. The highest BCUT2D eigenvalue weighted by Gasteiger charge is 2.45. The third kappa shape index (κ3) is 5.17. The second-order valence-electron chi connectivity index (χ2n) is 13.1. The number of pyridine rings is 2. The molecule has 1 unspecified atom stereocenters. The predicted octanol–water partition coefficient (Wildman–Crippen LogP) is 8.70. The van der Waals surface area contributed by atoms with Gasteiger partial charge in [0.15, 0.2) is 0 Å². The Balaban J connectivity index is 1.19. The maximum absolute atomic E-state index is 15.2. The van der Waals surface area contributed by atoms with Crippen molar-refractivity contribution in [2.24, 2.45) is 0 Å². The lowest BCUT2D eigenvalue weighted by atomic mass is 9.93. The maximum Gasteiger partial charge on any atom is 0.257 e. The Morgan fingerprint density at radius 3 is 2.73 bits per heavy atom. The molecule has 3 aliphatic rings. The number of benzene rings is 2. The molecule has 1 saturated heterocycles. The summed E-state index contributed by atoms with van der Waals surface area (Å²) in [4.78, 5) is 26.8. The Morgan fingerprint density at radius 1 is 1.10 bits per heavy atom. The zero-order valence-electron chi connectivity index (χ0n) is 27.3. The van der Waals surface area contributed by atoms with Gasteiger partial charge in [-0.1, -0.05) is 23.7 Å². The van der Waals surface area contributed by atoms with Crippen LogP contribution in [0.4, 0.5) is 14.6 Å². The summed E-state index contributed by atoms with van der Waals surface area (Å²) in [6.45, 7) is 2.38. The van der Waals surface area contributed by atoms with Gasteiger partial charge in [0, 0.05) is 30.1 Å². The highest BCUT2D eigenvalue weighted by Crippen LogP contribution is 2.51. The molecule has 51 heavy (non-hydrogen) atoms. The molecule has 2 aromatic carbocycles. The summed E-state index contributed by atoms with van der Waals surface area (Å²) >= 11 is 7.80. The number of nitriles is 1. The molecule has 0 saturated carbocycles.